The van der Waals surface area contributed by atoms with Crippen LogP contribution in [0.25, 0.3) is 16.7 Å². The van der Waals surface area contributed by atoms with E-state index in [0.717, 1.165) is 29.0 Å². The van der Waals surface area contributed by atoms with E-state index in [-0.39, 0.29) is 22.8 Å². The molecule has 0 spiro atoms. The summed E-state index contributed by atoms with van der Waals surface area (Å²) in [5.74, 6) is 1.74. The summed E-state index contributed by atoms with van der Waals surface area (Å²) in [6.07, 6.45) is 2.73. The molecule has 1 saturated carbocycles. The van der Waals surface area contributed by atoms with E-state index in [1.165, 1.54) is 18.2 Å². The van der Waals surface area contributed by atoms with Crippen molar-refractivity contribution in [1.82, 2.24) is 14.1 Å². The van der Waals surface area contributed by atoms with Crippen LogP contribution in [-0.4, -0.2) is 26.8 Å². The molecule has 2 aromatic heterocycles. The smallest absolute Gasteiger partial charge is 0.258 e. The maximum atomic E-state index is 13.6. The van der Waals surface area contributed by atoms with Crippen LogP contribution in [-0.2, 0) is 18.4 Å². The van der Waals surface area contributed by atoms with Crippen molar-refractivity contribution < 1.29 is 13.9 Å². The average Bonchev–Trinajstić information content (AvgIpc) is 3.58. The van der Waals surface area contributed by atoms with Crippen molar-refractivity contribution in [1.29, 1.82) is 0 Å². The van der Waals surface area contributed by atoms with Crippen LogP contribution in [0.2, 0.25) is 5.02 Å². The first-order valence-corrected chi connectivity index (χ1v) is 11.9. The molecule has 0 radical (unpaired) electrons. The van der Waals surface area contributed by atoms with Gasteiger partial charge < -0.3 is 14.0 Å². The van der Waals surface area contributed by atoms with E-state index in [1.807, 2.05) is 25.2 Å². The summed E-state index contributed by atoms with van der Waals surface area (Å²) in [5, 5.41) is 0.0598. The second-order valence-corrected chi connectivity index (χ2v) is 9.97. The molecule has 2 atom stereocenters. The molecule has 0 N–H and O–H groups in total. The van der Waals surface area contributed by atoms with Gasteiger partial charge in [0.15, 0.2) is 0 Å². The molecule has 2 heterocycles. The summed E-state index contributed by atoms with van der Waals surface area (Å²) in [5.41, 5.74) is 2.82. The molecule has 2 unspecified atom stereocenters. The van der Waals surface area contributed by atoms with Crippen LogP contribution in [0.1, 0.15) is 37.6 Å². The molecule has 182 valence electrons. The fourth-order valence-corrected chi connectivity index (χ4v) is 4.76. The van der Waals surface area contributed by atoms with Gasteiger partial charge in [0.1, 0.15) is 24.0 Å². The number of halogens is 2. The lowest BCUT2D eigenvalue weighted by Gasteiger charge is -2.23. The van der Waals surface area contributed by atoms with Crippen molar-refractivity contribution in [2.75, 3.05) is 7.11 Å². The predicted octanol–water partition coefficient (Wildman–Crippen LogP) is 5.62. The second kappa shape index (κ2) is 8.81. The zero-order valence-electron chi connectivity index (χ0n) is 20.1. The van der Waals surface area contributed by atoms with Gasteiger partial charge in [-0.2, -0.15) is 0 Å². The highest BCUT2D eigenvalue weighted by atomic mass is 35.5. The van der Waals surface area contributed by atoms with Crippen LogP contribution in [0.15, 0.2) is 59.5 Å². The topological polar surface area (TPSA) is 58.3 Å². The molecule has 0 amide bonds. The molecular weight excluding hydrogens is 469 g/mol. The summed E-state index contributed by atoms with van der Waals surface area (Å²) in [7, 11) is 3.77. The van der Waals surface area contributed by atoms with E-state index in [9.17, 15) is 9.18 Å². The van der Waals surface area contributed by atoms with Crippen LogP contribution in [0, 0.1) is 11.7 Å². The van der Waals surface area contributed by atoms with Gasteiger partial charge in [0.2, 0.25) is 0 Å². The van der Waals surface area contributed by atoms with Gasteiger partial charge in [0.25, 0.3) is 5.56 Å². The monoisotopic (exact) mass is 495 g/mol. The number of nitrogens with zero attached hydrogens (tertiary/aromatic N) is 3. The largest absolute Gasteiger partial charge is 0.489 e. The predicted molar refractivity (Wildman–Crippen MR) is 134 cm³/mol. The fraction of sp³-hybridized carbons (Fsp3) is 0.333. The number of hydrogen-bond acceptors (Lipinski definition) is 4. The van der Waals surface area contributed by atoms with Gasteiger partial charge in [0, 0.05) is 32.3 Å². The molecule has 6 nitrogen and oxygen atoms in total. The molecular formula is C27H27ClFN3O3. The van der Waals surface area contributed by atoms with Crippen LogP contribution >= 0.6 is 11.6 Å². The number of aromatic nitrogens is 3. The number of imidazole rings is 1. The van der Waals surface area contributed by atoms with Gasteiger partial charge in [-0.25, -0.2) is 9.37 Å². The fourth-order valence-electron chi connectivity index (χ4n) is 4.64. The third kappa shape index (κ3) is 4.46. The van der Waals surface area contributed by atoms with E-state index in [4.69, 9.17) is 26.1 Å². The Balaban J connectivity index is 1.37. The maximum absolute atomic E-state index is 13.6. The minimum atomic E-state index is -0.503. The highest BCUT2D eigenvalue weighted by Gasteiger charge is 2.50. The number of benzene rings is 2. The van der Waals surface area contributed by atoms with Crippen molar-refractivity contribution in [3.05, 3.63) is 87.3 Å². The average molecular weight is 496 g/mol. The molecule has 4 aromatic rings. The number of rotatable bonds is 7. The standard InChI is InChI=1S/C27H27ClFN3O3/c1-27(2,34-4)20-14-19(20)26-30-23-8-6-17(12-24(23)31(26)3)32-10-9-18(13-25(32)33)35-15-16-5-7-21(28)22(29)11-16/h5-13,19-20H,14-15H2,1-4H3. The second-order valence-electron chi connectivity index (χ2n) is 9.57. The molecule has 2 aromatic carbocycles. The number of hydrogen-bond donors (Lipinski definition) is 0. The van der Waals surface area contributed by atoms with Gasteiger partial charge in [0.05, 0.1) is 27.3 Å². The lowest BCUT2D eigenvalue weighted by Crippen LogP contribution is -2.26. The molecule has 1 aliphatic rings. The van der Waals surface area contributed by atoms with Crippen molar-refractivity contribution in [2.24, 2.45) is 13.0 Å². The van der Waals surface area contributed by atoms with Crippen molar-refractivity contribution in [2.45, 2.75) is 38.4 Å². The summed E-state index contributed by atoms with van der Waals surface area (Å²) >= 11 is 5.72. The van der Waals surface area contributed by atoms with Gasteiger partial charge >= 0.3 is 0 Å². The Morgan fingerprint density at radius 1 is 1.17 bits per heavy atom. The summed E-state index contributed by atoms with van der Waals surface area (Å²) in [4.78, 5) is 17.7. The first-order valence-electron chi connectivity index (χ1n) is 11.5. The molecule has 0 saturated heterocycles. The van der Waals surface area contributed by atoms with Gasteiger partial charge in [-0.15, -0.1) is 0 Å². The maximum Gasteiger partial charge on any atom is 0.258 e. The van der Waals surface area contributed by atoms with E-state index < -0.39 is 5.82 Å². The number of fused-ring (bicyclic) bond motifs is 1. The molecule has 0 bridgehead atoms. The van der Waals surface area contributed by atoms with E-state index in [2.05, 4.69) is 18.4 Å². The summed E-state index contributed by atoms with van der Waals surface area (Å²) in [6.45, 7) is 4.36. The number of methoxy groups -OCH3 is 1. The van der Waals surface area contributed by atoms with Crippen LogP contribution in [0.4, 0.5) is 4.39 Å². The third-order valence-electron chi connectivity index (χ3n) is 7.00. The Kier molecular flexibility index (Phi) is 5.93. The minimum Gasteiger partial charge on any atom is -0.489 e. The highest BCUT2D eigenvalue weighted by molar-refractivity contribution is 6.30. The summed E-state index contributed by atoms with van der Waals surface area (Å²) in [6, 6.07) is 13.4. The lowest BCUT2D eigenvalue weighted by atomic mass is 10.0. The number of aryl methyl sites for hydroxylation is 1. The molecule has 35 heavy (non-hydrogen) atoms. The Morgan fingerprint density at radius 3 is 2.69 bits per heavy atom. The first-order chi connectivity index (χ1) is 16.7. The van der Waals surface area contributed by atoms with Gasteiger partial charge in [-0.1, -0.05) is 17.7 Å². The zero-order valence-corrected chi connectivity index (χ0v) is 20.8. The quantitative estimate of drug-likeness (QED) is 0.333. The highest BCUT2D eigenvalue weighted by Crippen LogP contribution is 2.54. The third-order valence-corrected chi connectivity index (χ3v) is 7.31. The minimum absolute atomic E-state index is 0.0598. The molecule has 1 fully saturated rings. The van der Waals surface area contributed by atoms with Crippen molar-refractivity contribution >= 4 is 22.6 Å². The number of ether oxygens (including phenoxy) is 2. The Hall–Kier alpha value is -3.16. The van der Waals surface area contributed by atoms with E-state index in [1.54, 1.807) is 30.0 Å². The Morgan fingerprint density at radius 2 is 1.97 bits per heavy atom. The van der Waals surface area contributed by atoms with Crippen molar-refractivity contribution in [3.63, 3.8) is 0 Å². The zero-order chi connectivity index (χ0) is 24.9. The normalized spacial score (nSPS) is 17.7. The Labute approximate surface area is 207 Å². The van der Waals surface area contributed by atoms with E-state index in [0.29, 0.717) is 23.1 Å². The number of pyridine rings is 1. The lowest BCUT2D eigenvalue weighted by molar-refractivity contribution is 0.00153. The molecule has 8 heteroatoms. The van der Waals surface area contributed by atoms with Crippen LogP contribution < -0.4 is 10.3 Å². The van der Waals surface area contributed by atoms with Crippen LogP contribution in [0.3, 0.4) is 0 Å². The molecule has 0 aliphatic heterocycles. The van der Waals surface area contributed by atoms with Crippen molar-refractivity contribution in [3.8, 4) is 11.4 Å². The Bertz CT molecular complexity index is 1480. The summed E-state index contributed by atoms with van der Waals surface area (Å²) < 4.78 is 28.7. The molecule has 5 rings (SSSR count). The first kappa shape index (κ1) is 23.6. The van der Waals surface area contributed by atoms with Gasteiger partial charge in [-0.05, 0) is 68.1 Å². The SMILES string of the molecule is COC(C)(C)C1CC1c1nc2ccc(-n3ccc(OCc4ccc(Cl)c(F)c4)cc3=O)cc2n1C. The molecule has 1 aliphatic carbocycles. The van der Waals surface area contributed by atoms with E-state index >= 15 is 0 Å². The van der Waals surface area contributed by atoms with Crippen LogP contribution in [0.5, 0.6) is 5.75 Å². The van der Waals surface area contributed by atoms with Gasteiger partial charge in [-0.3, -0.25) is 9.36 Å².